The van der Waals surface area contributed by atoms with E-state index in [1.165, 1.54) is 16.7 Å². The summed E-state index contributed by atoms with van der Waals surface area (Å²) in [5.41, 5.74) is 5.72. The van der Waals surface area contributed by atoms with Crippen LogP contribution in [0.5, 0.6) is 5.75 Å². The summed E-state index contributed by atoms with van der Waals surface area (Å²) in [5.74, 6) is 1.71. The predicted octanol–water partition coefficient (Wildman–Crippen LogP) is 5.06. The number of aromatic nitrogens is 2. The maximum Gasteiger partial charge on any atom is 0.128 e. The first-order valence-corrected chi connectivity index (χ1v) is 8.82. The van der Waals surface area contributed by atoms with Crippen molar-refractivity contribution in [3.63, 3.8) is 0 Å². The molecule has 4 heteroatoms. The summed E-state index contributed by atoms with van der Waals surface area (Å²) in [4.78, 5) is 0. The first-order valence-electron chi connectivity index (χ1n) is 7.83. The summed E-state index contributed by atoms with van der Waals surface area (Å²) in [6.07, 6.45) is 0. The Kier molecular flexibility index (Phi) is 5.16. The molecule has 0 atom stereocenters. The second-order valence-corrected chi connectivity index (χ2v) is 6.67. The van der Waals surface area contributed by atoms with Crippen LogP contribution in [0.1, 0.15) is 16.7 Å². The van der Waals surface area contributed by atoms with Crippen LogP contribution in [0.15, 0.2) is 59.6 Å². The molecular formula is C20H20N2OS. The fraction of sp³-hybridized carbons (Fsp3) is 0.200. The number of benzene rings is 2. The van der Waals surface area contributed by atoms with Crippen LogP contribution < -0.4 is 4.74 Å². The fourth-order valence-electron chi connectivity index (χ4n) is 2.50. The minimum atomic E-state index is 0.808. The van der Waals surface area contributed by atoms with Crippen LogP contribution in [0, 0.1) is 13.8 Å². The molecule has 0 radical (unpaired) electrons. The SMILES string of the molecule is COc1ccccc1-c1ccc(SCc2cc(C)ccc2C)nn1. The molecule has 0 fully saturated rings. The Morgan fingerprint density at radius 1 is 0.958 bits per heavy atom. The Morgan fingerprint density at radius 2 is 1.79 bits per heavy atom. The van der Waals surface area contributed by atoms with Gasteiger partial charge < -0.3 is 4.74 Å². The molecule has 0 aliphatic carbocycles. The summed E-state index contributed by atoms with van der Waals surface area (Å²) in [6.45, 7) is 4.27. The van der Waals surface area contributed by atoms with Crippen molar-refractivity contribution in [1.82, 2.24) is 10.2 Å². The van der Waals surface area contributed by atoms with Crippen molar-refractivity contribution >= 4 is 11.8 Å². The number of aryl methyl sites for hydroxylation is 2. The van der Waals surface area contributed by atoms with Crippen molar-refractivity contribution in [3.05, 3.63) is 71.3 Å². The normalized spacial score (nSPS) is 10.6. The van der Waals surface area contributed by atoms with E-state index in [2.05, 4.69) is 42.2 Å². The summed E-state index contributed by atoms with van der Waals surface area (Å²) in [7, 11) is 1.67. The molecule has 0 saturated heterocycles. The van der Waals surface area contributed by atoms with Gasteiger partial charge in [-0.15, -0.1) is 10.2 Å². The number of hydrogen-bond acceptors (Lipinski definition) is 4. The Bertz CT molecular complexity index is 831. The van der Waals surface area contributed by atoms with Crippen LogP contribution in [0.4, 0.5) is 0 Å². The second-order valence-electron chi connectivity index (χ2n) is 5.68. The highest BCUT2D eigenvalue weighted by Crippen LogP contribution is 2.29. The van der Waals surface area contributed by atoms with E-state index < -0.39 is 0 Å². The van der Waals surface area contributed by atoms with Crippen molar-refractivity contribution in [3.8, 4) is 17.0 Å². The van der Waals surface area contributed by atoms with Crippen molar-refractivity contribution in [2.45, 2.75) is 24.6 Å². The third-order valence-corrected chi connectivity index (χ3v) is 4.87. The molecular weight excluding hydrogens is 316 g/mol. The molecule has 0 aliphatic rings. The molecule has 0 unspecified atom stereocenters. The topological polar surface area (TPSA) is 35.0 Å². The van der Waals surface area contributed by atoms with E-state index in [0.717, 1.165) is 27.8 Å². The lowest BCUT2D eigenvalue weighted by molar-refractivity contribution is 0.416. The monoisotopic (exact) mass is 336 g/mol. The van der Waals surface area contributed by atoms with Gasteiger partial charge in [0.2, 0.25) is 0 Å². The average Bonchev–Trinajstić information content (AvgIpc) is 2.63. The third-order valence-electron chi connectivity index (χ3n) is 3.90. The molecule has 1 aromatic heterocycles. The molecule has 0 bridgehead atoms. The Hall–Kier alpha value is -2.33. The smallest absolute Gasteiger partial charge is 0.128 e. The van der Waals surface area contributed by atoms with Crippen LogP contribution in [0.2, 0.25) is 0 Å². The highest BCUT2D eigenvalue weighted by molar-refractivity contribution is 7.98. The van der Waals surface area contributed by atoms with Gasteiger partial charge in [0.15, 0.2) is 0 Å². The van der Waals surface area contributed by atoms with Crippen LogP contribution in [0.3, 0.4) is 0 Å². The molecule has 24 heavy (non-hydrogen) atoms. The van der Waals surface area contributed by atoms with Gasteiger partial charge in [0, 0.05) is 11.3 Å². The van der Waals surface area contributed by atoms with Gasteiger partial charge in [-0.3, -0.25) is 0 Å². The average molecular weight is 336 g/mol. The molecule has 1 heterocycles. The zero-order valence-corrected chi connectivity index (χ0v) is 14.9. The van der Waals surface area contributed by atoms with E-state index in [1.54, 1.807) is 18.9 Å². The van der Waals surface area contributed by atoms with E-state index in [-0.39, 0.29) is 0 Å². The van der Waals surface area contributed by atoms with Crippen molar-refractivity contribution in [2.75, 3.05) is 7.11 Å². The maximum atomic E-state index is 5.39. The standard InChI is InChI=1S/C20H20N2OS/c1-14-8-9-15(2)16(12-14)13-24-20-11-10-18(21-22-20)17-6-4-5-7-19(17)23-3/h4-12H,13H2,1-3H3. The molecule has 3 aromatic rings. The van der Waals surface area contributed by atoms with E-state index in [0.29, 0.717) is 0 Å². The molecule has 0 spiro atoms. The van der Waals surface area contributed by atoms with Crippen LogP contribution in [-0.2, 0) is 5.75 Å². The van der Waals surface area contributed by atoms with Crippen LogP contribution in [0.25, 0.3) is 11.3 Å². The van der Waals surface area contributed by atoms with E-state index in [9.17, 15) is 0 Å². The number of ether oxygens (including phenoxy) is 1. The molecule has 0 saturated carbocycles. The molecule has 3 rings (SSSR count). The van der Waals surface area contributed by atoms with Gasteiger partial charge >= 0.3 is 0 Å². The van der Waals surface area contributed by atoms with Crippen molar-refractivity contribution in [1.29, 1.82) is 0 Å². The lowest BCUT2D eigenvalue weighted by Crippen LogP contribution is -1.93. The number of para-hydroxylation sites is 1. The zero-order chi connectivity index (χ0) is 16.9. The largest absolute Gasteiger partial charge is 0.496 e. The van der Waals surface area contributed by atoms with Gasteiger partial charge in [-0.2, -0.15) is 0 Å². The highest BCUT2D eigenvalue weighted by Gasteiger charge is 2.08. The Labute approximate surface area is 147 Å². The lowest BCUT2D eigenvalue weighted by Gasteiger charge is -2.08. The number of thioether (sulfide) groups is 1. The minimum absolute atomic E-state index is 0.808. The fourth-order valence-corrected chi connectivity index (χ4v) is 3.38. The van der Waals surface area contributed by atoms with Gasteiger partial charge in [0.1, 0.15) is 10.8 Å². The Balaban J connectivity index is 1.74. The first-order chi connectivity index (χ1) is 11.7. The van der Waals surface area contributed by atoms with Crippen LogP contribution >= 0.6 is 11.8 Å². The van der Waals surface area contributed by atoms with E-state index in [4.69, 9.17) is 4.74 Å². The predicted molar refractivity (Wildman–Crippen MR) is 99.5 cm³/mol. The lowest BCUT2D eigenvalue weighted by atomic mass is 10.1. The first kappa shape index (κ1) is 16.5. The highest BCUT2D eigenvalue weighted by atomic mass is 32.2. The molecule has 3 nitrogen and oxygen atoms in total. The minimum Gasteiger partial charge on any atom is -0.496 e. The number of rotatable bonds is 5. The number of methoxy groups -OCH3 is 1. The zero-order valence-electron chi connectivity index (χ0n) is 14.1. The molecule has 122 valence electrons. The van der Waals surface area contributed by atoms with Gasteiger partial charge in [-0.1, -0.05) is 47.7 Å². The summed E-state index contributed by atoms with van der Waals surface area (Å²) in [6, 6.07) is 18.4. The van der Waals surface area contributed by atoms with E-state index in [1.807, 2.05) is 36.4 Å². The van der Waals surface area contributed by atoms with E-state index >= 15 is 0 Å². The maximum absolute atomic E-state index is 5.39. The van der Waals surface area contributed by atoms with Gasteiger partial charge in [-0.05, 0) is 49.2 Å². The third kappa shape index (κ3) is 3.77. The quantitative estimate of drug-likeness (QED) is 0.610. The van der Waals surface area contributed by atoms with Crippen LogP contribution in [-0.4, -0.2) is 17.3 Å². The summed E-state index contributed by atoms with van der Waals surface area (Å²) in [5, 5.41) is 9.64. The van der Waals surface area contributed by atoms with Crippen molar-refractivity contribution < 1.29 is 4.74 Å². The Morgan fingerprint density at radius 3 is 2.54 bits per heavy atom. The van der Waals surface area contributed by atoms with Crippen molar-refractivity contribution in [2.24, 2.45) is 0 Å². The van der Waals surface area contributed by atoms with Gasteiger partial charge in [0.25, 0.3) is 0 Å². The second kappa shape index (κ2) is 7.49. The number of hydrogen-bond donors (Lipinski definition) is 0. The molecule has 2 aromatic carbocycles. The number of nitrogens with zero attached hydrogens (tertiary/aromatic N) is 2. The molecule has 0 aliphatic heterocycles. The summed E-state index contributed by atoms with van der Waals surface area (Å²) >= 11 is 1.71. The van der Waals surface area contributed by atoms with Gasteiger partial charge in [-0.25, -0.2) is 0 Å². The molecule has 0 amide bonds. The summed E-state index contributed by atoms with van der Waals surface area (Å²) < 4.78 is 5.39. The van der Waals surface area contributed by atoms with Gasteiger partial charge in [0.05, 0.1) is 12.8 Å². The molecule has 0 N–H and O–H groups in total.